The van der Waals surface area contributed by atoms with Gasteiger partial charge in [0.15, 0.2) is 0 Å². The first kappa shape index (κ1) is 26.2. The van der Waals surface area contributed by atoms with Crippen LogP contribution in [0.2, 0.25) is 0 Å². The highest BCUT2D eigenvalue weighted by Crippen LogP contribution is 2.37. The van der Waals surface area contributed by atoms with Crippen LogP contribution >= 0.6 is 0 Å². The summed E-state index contributed by atoms with van der Waals surface area (Å²) in [4.78, 5) is 4.20. The molecule has 192 valence electrons. The molecule has 0 aliphatic carbocycles. The van der Waals surface area contributed by atoms with Gasteiger partial charge in [-0.05, 0) is 49.6 Å². The lowest BCUT2D eigenvalue weighted by molar-refractivity contribution is 0.273. The lowest BCUT2D eigenvalue weighted by Crippen LogP contribution is -2.01. The fraction of sp³-hybridized carbons (Fsp3) is 0.222. The lowest BCUT2D eigenvalue weighted by Gasteiger charge is -2.11. The number of para-hydroxylation sites is 1. The molecule has 0 bridgehead atoms. The number of hydrogen-bond acceptors (Lipinski definition) is 8. The molecule has 4 rings (SSSR count). The minimum Gasteiger partial charge on any atom is -0.493 e. The minimum atomic E-state index is -4.50. The topological polar surface area (TPSA) is 147 Å². The number of nitrogen functional groups attached to an aromatic ring is 1. The Labute approximate surface area is 215 Å². The maximum atomic E-state index is 11.9. The zero-order valence-electron chi connectivity index (χ0n) is 20.1. The number of azo groups is 1. The molecule has 1 aromatic heterocycles. The number of benzene rings is 3. The van der Waals surface area contributed by atoms with Crippen molar-refractivity contribution in [2.75, 3.05) is 18.9 Å². The molecule has 0 unspecified atom stereocenters. The molecule has 4 N–H and O–H groups in total. The van der Waals surface area contributed by atoms with E-state index in [2.05, 4.69) is 15.2 Å². The zero-order chi connectivity index (χ0) is 26.3. The van der Waals surface area contributed by atoms with Crippen LogP contribution in [0.5, 0.6) is 5.75 Å². The Balaban J connectivity index is 1.53. The SMILES string of the molecule is Nc1c(/N=N/c2ccc(-c3ccccc3OCCCCCCO)nc2)cc(S(=O)(=O)O)c2ccccc12. The summed E-state index contributed by atoms with van der Waals surface area (Å²) in [5.41, 5.74) is 8.57. The molecule has 0 atom stereocenters. The summed E-state index contributed by atoms with van der Waals surface area (Å²) in [6.07, 6.45) is 5.22. The highest BCUT2D eigenvalue weighted by molar-refractivity contribution is 7.86. The summed E-state index contributed by atoms with van der Waals surface area (Å²) in [7, 11) is -4.50. The van der Waals surface area contributed by atoms with E-state index in [1.165, 1.54) is 6.07 Å². The van der Waals surface area contributed by atoms with Gasteiger partial charge in [0.1, 0.15) is 22.0 Å². The van der Waals surface area contributed by atoms with Gasteiger partial charge in [-0.3, -0.25) is 9.54 Å². The van der Waals surface area contributed by atoms with Crippen LogP contribution in [-0.4, -0.2) is 36.3 Å². The standard InChI is InChI=1S/C27H28N4O5S/c28-27-21-10-4-3-9-20(21)26(37(33,34)35)17-24(27)31-30-19-13-14-23(29-18-19)22-11-5-6-12-25(22)36-16-8-2-1-7-15-32/h3-6,9-14,17-18,32H,1-2,7-8,15-16,28H2,(H,33,34,35)/b31-30+. The maximum absolute atomic E-state index is 11.9. The molecule has 0 saturated carbocycles. The average Bonchev–Trinajstić information content (AvgIpc) is 2.90. The number of unbranched alkanes of at least 4 members (excludes halogenated alkanes) is 3. The fourth-order valence-corrected chi connectivity index (χ4v) is 4.63. The van der Waals surface area contributed by atoms with Crippen LogP contribution in [0, 0.1) is 0 Å². The first-order valence-corrected chi connectivity index (χ1v) is 13.3. The van der Waals surface area contributed by atoms with E-state index >= 15 is 0 Å². The monoisotopic (exact) mass is 520 g/mol. The van der Waals surface area contributed by atoms with Gasteiger partial charge in [-0.2, -0.15) is 8.42 Å². The number of anilines is 1. The molecule has 4 aromatic rings. The summed E-state index contributed by atoms with van der Waals surface area (Å²) in [6, 6.07) is 19.0. The van der Waals surface area contributed by atoms with Gasteiger partial charge in [0.25, 0.3) is 10.1 Å². The van der Waals surface area contributed by atoms with E-state index < -0.39 is 10.1 Å². The number of nitrogens with zero attached hydrogens (tertiary/aromatic N) is 3. The number of aliphatic hydroxyl groups is 1. The van der Waals surface area contributed by atoms with Crippen molar-refractivity contribution < 1.29 is 22.8 Å². The summed E-state index contributed by atoms with van der Waals surface area (Å²) in [5, 5.41) is 17.9. The molecule has 0 fully saturated rings. The Morgan fingerprint density at radius 1 is 0.892 bits per heavy atom. The van der Waals surface area contributed by atoms with Crippen molar-refractivity contribution in [1.82, 2.24) is 4.98 Å². The highest BCUT2D eigenvalue weighted by Gasteiger charge is 2.18. The largest absolute Gasteiger partial charge is 0.493 e. The summed E-state index contributed by atoms with van der Waals surface area (Å²) < 4.78 is 39.5. The first-order chi connectivity index (χ1) is 17.9. The van der Waals surface area contributed by atoms with Gasteiger partial charge in [0, 0.05) is 22.9 Å². The van der Waals surface area contributed by atoms with Gasteiger partial charge in [-0.15, -0.1) is 10.2 Å². The quantitative estimate of drug-likeness (QED) is 0.0939. The molecule has 3 aromatic carbocycles. The Kier molecular flexibility index (Phi) is 8.44. The number of aromatic nitrogens is 1. The van der Waals surface area contributed by atoms with Crippen LogP contribution in [-0.2, 0) is 10.1 Å². The Morgan fingerprint density at radius 3 is 2.35 bits per heavy atom. The van der Waals surface area contributed by atoms with E-state index in [4.69, 9.17) is 15.6 Å². The summed E-state index contributed by atoms with van der Waals surface area (Å²) in [6.45, 7) is 0.791. The molecule has 0 radical (unpaired) electrons. The van der Waals surface area contributed by atoms with Crippen molar-refractivity contribution in [3.63, 3.8) is 0 Å². The Hall–Kier alpha value is -3.86. The second-order valence-electron chi connectivity index (χ2n) is 8.41. The van der Waals surface area contributed by atoms with Gasteiger partial charge in [0.2, 0.25) is 0 Å². The molecule has 9 nitrogen and oxygen atoms in total. The van der Waals surface area contributed by atoms with Crippen LogP contribution in [0.3, 0.4) is 0 Å². The van der Waals surface area contributed by atoms with Gasteiger partial charge in [0.05, 0.1) is 24.2 Å². The summed E-state index contributed by atoms with van der Waals surface area (Å²) >= 11 is 0. The molecular weight excluding hydrogens is 492 g/mol. The van der Waals surface area contributed by atoms with E-state index in [9.17, 15) is 13.0 Å². The third kappa shape index (κ3) is 6.48. The maximum Gasteiger partial charge on any atom is 0.295 e. The minimum absolute atomic E-state index is 0.119. The number of rotatable bonds is 11. The van der Waals surface area contributed by atoms with E-state index in [1.807, 2.05) is 24.3 Å². The van der Waals surface area contributed by atoms with E-state index in [0.29, 0.717) is 28.8 Å². The molecule has 1 heterocycles. The van der Waals surface area contributed by atoms with Crippen molar-refractivity contribution in [3.05, 3.63) is 72.9 Å². The molecule has 37 heavy (non-hydrogen) atoms. The van der Waals surface area contributed by atoms with Gasteiger partial charge in [-0.1, -0.05) is 42.8 Å². The number of hydrogen-bond donors (Lipinski definition) is 3. The average molecular weight is 521 g/mol. The number of pyridine rings is 1. The number of ether oxygens (including phenoxy) is 1. The summed E-state index contributed by atoms with van der Waals surface area (Å²) in [5.74, 6) is 0.730. The van der Waals surface area contributed by atoms with Crippen LogP contribution < -0.4 is 10.5 Å². The Morgan fingerprint density at radius 2 is 1.62 bits per heavy atom. The van der Waals surface area contributed by atoms with Crippen LogP contribution in [0.4, 0.5) is 17.1 Å². The van der Waals surface area contributed by atoms with Crippen LogP contribution in [0.15, 0.2) is 88.1 Å². The second kappa shape index (κ2) is 11.9. The van der Waals surface area contributed by atoms with Crippen molar-refractivity contribution in [1.29, 1.82) is 0 Å². The van der Waals surface area contributed by atoms with Crippen LogP contribution in [0.1, 0.15) is 25.7 Å². The van der Waals surface area contributed by atoms with Crippen molar-refractivity contribution >= 4 is 38.0 Å². The highest BCUT2D eigenvalue weighted by atomic mass is 32.2. The third-order valence-corrected chi connectivity index (χ3v) is 6.69. The molecule has 0 amide bonds. The molecule has 0 aliphatic heterocycles. The van der Waals surface area contributed by atoms with Crippen molar-refractivity contribution in [2.45, 2.75) is 30.6 Å². The molecule has 0 spiro atoms. The molecule has 0 saturated heterocycles. The molecule has 10 heteroatoms. The first-order valence-electron chi connectivity index (χ1n) is 11.9. The van der Waals surface area contributed by atoms with E-state index in [0.717, 1.165) is 37.0 Å². The smallest absolute Gasteiger partial charge is 0.295 e. The predicted molar refractivity (Wildman–Crippen MR) is 143 cm³/mol. The second-order valence-corrected chi connectivity index (χ2v) is 9.80. The number of fused-ring (bicyclic) bond motifs is 1. The van der Waals surface area contributed by atoms with E-state index in [1.54, 1.807) is 42.6 Å². The van der Waals surface area contributed by atoms with Crippen molar-refractivity contribution in [3.8, 4) is 17.0 Å². The third-order valence-electron chi connectivity index (χ3n) is 5.80. The number of nitrogens with two attached hydrogens (primary N) is 1. The van der Waals surface area contributed by atoms with E-state index in [-0.39, 0.29) is 22.9 Å². The Bertz CT molecular complexity index is 1510. The predicted octanol–water partition coefficient (Wildman–Crippen LogP) is 6.08. The van der Waals surface area contributed by atoms with Crippen molar-refractivity contribution in [2.24, 2.45) is 10.2 Å². The zero-order valence-corrected chi connectivity index (χ0v) is 20.9. The van der Waals surface area contributed by atoms with Crippen LogP contribution in [0.25, 0.3) is 22.0 Å². The fourth-order valence-electron chi connectivity index (χ4n) is 3.92. The van der Waals surface area contributed by atoms with Gasteiger partial charge < -0.3 is 15.6 Å². The lowest BCUT2D eigenvalue weighted by atomic mass is 10.1. The normalized spacial score (nSPS) is 11.8. The molecule has 0 aliphatic rings. The van der Waals surface area contributed by atoms with Gasteiger partial charge >= 0.3 is 0 Å². The van der Waals surface area contributed by atoms with Gasteiger partial charge in [-0.25, -0.2) is 0 Å². The molecular formula is C27H28N4O5S. The number of aliphatic hydroxyl groups excluding tert-OH is 1.